The van der Waals surface area contributed by atoms with Crippen molar-refractivity contribution in [2.45, 2.75) is 12.1 Å². The molecule has 2 aliphatic rings. The summed E-state index contributed by atoms with van der Waals surface area (Å²) in [5, 5.41) is 3.82. The second-order valence-electron chi connectivity index (χ2n) is 6.57. The van der Waals surface area contributed by atoms with Gasteiger partial charge in [-0.3, -0.25) is 15.0 Å². The van der Waals surface area contributed by atoms with Crippen LogP contribution in [0.2, 0.25) is 0 Å². The van der Waals surface area contributed by atoms with Crippen LogP contribution < -0.4 is 5.32 Å². The fraction of sp³-hybridized carbons (Fsp3) is 0.190. The highest BCUT2D eigenvalue weighted by Gasteiger charge is 2.46. The molecule has 1 atom stereocenters. The van der Waals surface area contributed by atoms with Crippen molar-refractivity contribution in [1.82, 2.24) is 14.9 Å². The number of fused-ring (bicyclic) bond motifs is 3. The first kappa shape index (κ1) is 15.1. The molecule has 4 heterocycles. The molecule has 0 bridgehead atoms. The summed E-state index contributed by atoms with van der Waals surface area (Å²) in [5.41, 5.74) is 3.93. The van der Waals surface area contributed by atoms with Crippen molar-refractivity contribution in [3.8, 4) is 0 Å². The minimum absolute atomic E-state index is 0.516. The average Bonchev–Trinajstić information content (AvgIpc) is 2.74. The Labute approximate surface area is 152 Å². The first-order valence-electron chi connectivity index (χ1n) is 8.90. The topological polar surface area (TPSA) is 53.4 Å². The third-order valence-electron chi connectivity index (χ3n) is 5.13. The predicted octanol–water partition coefficient (Wildman–Crippen LogP) is 3.26. The lowest BCUT2D eigenvalue weighted by molar-refractivity contribution is 0.235. The molecule has 0 aliphatic carbocycles. The van der Waals surface area contributed by atoms with Crippen molar-refractivity contribution in [2.24, 2.45) is 4.99 Å². The summed E-state index contributed by atoms with van der Waals surface area (Å²) in [7, 11) is 0. The number of nitrogens with one attached hydrogen (secondary N) is 1. The molecule has 5 nitrogen and oxygen atoms in total. The van der Waals surface area contributed by atoms with Gasteiger partial charge in [0.15, 0.2) is 5.66 Å². The van der Waals surface area contributed by atoms with E-state index >= 15 is 0 Å². The van der Waals surface area contributed by atoms with Gasteiger partial charge in [0.2, 0.25) is 0 Å². The van der Waals surface area contributed by atoms with E-state index in [1.54, 1.807) is 0 Å². The summed E-state index contributed by atoms with van der Waals surface area (Å²) in [6.45, 7) is 1.78. The number of amidine groups is 1. The SMILES string of the molecule is c1ccc(C2(c3ccncc3)Nc3ccncc3C3=NCCCN32)cc1. The molecule has 0 spiro atoms. The second kappa shape index (κ2) is 5.95. The summed E-state index contributed by atoms with van der Waals surface area (Å²) in [6, 6.07) is 16.8. The van der Waals surface area contributed by atoms with Gasteiger partial charge in [0.1, 0.15) is 5.84 Å². The van der Waals surface area contributed by atoms with Crippen molar-refractivity contribution in [3.63, 3.8) is 0 Å². The lowest BCUT2D eigenvalue weighted by atomic mass is 9.85. The normalized spacial score (nSPS) is 21.2. The Bertz CT molecular complexity index is 913. The van der Waals surface area contributed by atoms with Crippen LogP contribution in [0.15, 0.2) is 78.3 Å². The monoisotopic (exact) mass is 341 g/mol. The lowest BCUT2D eigenvalue weighted by Crippen LogP contribution is -2.59. The Hall–Kier alpha value is -3.21. The van der Waals surface area contributed by atoms with Crippen molar-refractivity contribution in [2.75, 3.05) is 18.4 Å². The standard InChI is InChI=1S/C21H19N5/c1-2-5-16(6-3-1)21(17-7-11-22-12-8-17)25-19-9-13-23-15-18(19)20-24-10-4-14-26(20)21/h1-3,5-9,11-13,15,25H,4,10,14H2. The van der Waals surface area contributed by atoms with E-state index in [4.69, 9.17) is 4.99 Å². The number of anilines is 1. The number of aliphatic imine (C=N–C) groups is 1. The Kier molecular flexibility index (Phi) is 3.45. The summed E-state index contributed by atoms with van der Waals surface area (Å²) in [5.74, 6) is 1.01. The maximum Gasteiger partial charge on any atom is 0.165 e. The van der Waals surface area contributed by atoms with Crippen LogP contribution in [0.3, 0.4) is 0 Å². The van der Waals surface area contributed by atoms with Gasteiger partial charge in [-0.25, -0.2) is 0 Å². The summed E-state index contributed by atoms with van der Waals surface area (Å²) >= 11 is 0. The number of rotatable bonds is 2. The number of aromatic nitrogens is 2. The average molecular weight is 341 g/mol. The lowest BCUT2D eigenvalue weighted by Gasteiger charge is -2.51. The Morgan fingerprint density at radius 2 is 1.65 bits per heavy atom. The van der Waals surface area contributed by atoms with Gasteiger partial charge in [0, 0.05) is 49.0 Å². The van der Waals surface area contributed by atoms with Crippen LogP contribution in [0.4, 0.5) is 5.69 Å². The predicted molar refractivity (Wildman–Crippen MR) is 102 cm³/mol. The van der Waals surface area contributed by atoms with E-state index in [9.17, 15) is 0 Å². The molecule has 3 aromatic rings. The van der Waals surface area contributed by atoms with Crippen molar-refractivity contribution >= 4 is 11.5 Å². The molecule has 1 unspecified atom stereocenters. The smallest absolute Gasteiger partial charge is 0.165 e. The molecule has 26 heavy (non-hydrogen) atoms. The van der Waals surface area contributed by atoms with Crippen molar-refractivity contribution in [1.29, 1.82) is 0 Å². The molecule has 5 heteroatoms. The highest BCUT2D eigenvalue weighted by atomic mass is 15.4. The third-order valence-corrected chi connectivity index (χ3v) is 5.13. The number of nitrogens with zero attached hydrogens (tertiary/aromatic N) is 4. The quantitative estimate of drug-likeness (QED) is 0.777. The molecule has 1 aromatic carbocycles. The zero-order valence-corrected chi connectivity index (χ0v) is 14.3. The van der Waals surface area contributed by atoms with Gasteiger partial charge in [-0.15, -0.1) is 0 Å². The van der Waals surface area contributed by atoms with Crippen LogP contribution in [-0.4, -0.2) is 33.8 Å². The highest BCUT2D eigenvalue weighted by Crippen LogP contribution is 2.43. The molecule has 2 aromatic heterocycles. The molecule has 1 N–H and O–H groups in total. The van der Waals surface area contributed by atoms with Gasteiger partial charge < -0.3 is 10.2 Å². The van der Waals surface area contributed by atoms with Crippen LogP contribution in [0.1, 0.15) is 23.1 Å². The van der Waals surface area contributed by atoms with E-state index in [1.165, 1.54) is 5.56 Å². The summed E-state index contributed by atoms with van der Waals surface area (Å²) in [4.78, 5) is 15.8. The molecule has 0 amide bonds. The summed E-state index contributed by atoms with van der Waals surface area (Å²) < 4.78 is 0. The fourth-order valence-electron chi connectivity index (χ4n) is 4.00. The van der Waals surface area contributed by atoms with E-state index in [0.717, 1.165) is 42.2 Å². The van der Waals surface area contributed by atoms with E-state index in [0.29, 0.717) is 0 Å². The van der Waals surface area contributed by atoms with Crippen LogP contribution in [0.5, 0.6) is 0 Å². The Balaban J connectivity index is 1.82. The fourth-order valence-corrected chi connectivity index (χ4v) is 4.00. The molecular weight excluding hydrogens is 322 g/mol. The first-order chi connectivity index (χ1) is 12.9. The summed E-state index contributed by atoms with van der Waals surface area (Å²) in [6.07, 6.45) is 8.46. The van der Waals surface area contributed by atoms with E-state index in [1.807, 2.05) is 30.9 Å². The van der Waals surface area contributed by atoms with Crippen LogP contribution in [-0.2, 0) is 5.66 Å². The van der Waals surface area contributed by atoms with Gasteiger partial charge in [0.05, 0.1) is 11.3 Å². The van der Waals surface area contributed by atoms with Gasteiger partial charge in [-0.1, -0.05) is 30.3 Å². The van der Waals surface area contributed by atoms with E-state index in [-0.39, 0.29) is 0 Å². The van der Waals surface area contributed by atoms with Crippen molar-refractivity contribution in [3.05, 3.63) is 90.0 Å². The zero-order valence-electron chi connectivity index (χ0n) is 14.3. The largest absolute Gasteiger partial charge is 0.354 e. The number of hydrogen-bond donors (Lipinski definition) is 1. The number of pyridine rings is 2. The molecule has 2 aliphatic heterocycles. The van der Waals surface area contributed by atoms with E-state index < -0.39 is 5.66 Å². The zero-order chi connectivity index (χ0) is 17.4. The first-order valence-corrected chi connectivity index (χ1v) is 8.90. The molecule has 0 radical (unpaired) electrons. The molecule has 0 saturated heterocycles. The van der Waals surface area contributed by atoms with Crippen LogP contribution >= 0.6 is 0 Å². The van der Waals surface area contributed by atoms with Gasteiger partial charge in [-0.2, -0.15) is 0 Å². The Morgan fingerprint density at radius 3 is 2.50 bits per heavy atom. The molecule has 128 valence electrons. The van der Waals surface area contributed by atoms with Crippen LogP contribution in [0.25, 0.3) is 0 Å². The van der Waals surface area contributed by atoms with Crippen LogP contribution in [0, 0.1) is 0 Å². The number of hydrogen-bond acceptors (Lipinski definition) is 5. The molecule has 0 saturated carbocycles. The molecule has 5 rings (SSSR count). The maximum absolute atomic E-state index is 4.89. The minimum Gasteiger partial charge on any atom is -0.354 e. The Morgan fingerprint density at radius 1 is 0.885 bits per heavy atom. The highest BCUT2D eigenvalue weighted by molar-refractivity contribution is 6.06. The van der Waals surface area contributed by atoms with Gasteiger partial charge in [-0.05, 0) is 24.6 Å². The third kappa shape index (κ3) is 2.13. The van der Waals surface area contributed by atoms with Gasteiger partial charge >= 0.3 is 0 Å². The van der Waals surface area contributed by atoms with E-state index in [2.05, 4.69) is 62.6 Å². The maximum atomic E-state index is 4.89. The molecular formula is C21H19N5. The minimum atomic E-state index is -0.516. The van der Waals surface area contributed by atoms with Gasteiger partial charge in [0.25, 0.3) is 0 Å². The molecule has 0 fully saturated rings. The second-order valence-corrected chi connectivity index (χ2v) is 6.57. The number of benzene rings is 1. The van der Waals surface area contributed by atoms with Crippen molar-refractivity contribution < 1.29 is 0 Å².